The first kappa shape index (κ1) is 15.7. The molecule has 1 amide bonds. The van der Waals surface area contributed by atoms with Gasteiger partial charge in [-0.1, -0.05) is 0 Å². The summed E-state index contributed by atoms with van der Waals surface area (Å²) in [6.07, 6.45) is 2.40. The van der Waals surface area contributed by atoms with E-state index in [1.54, 1.807) is 11.8 Å². The zero-order valence-electron chi connectivity index (χ0n) is 10.7. The molecule has 1 rings (SSSR count). The number of hydrogen-bond donors (Lipinski definition) is 2. The largest absolute Gasteiger partial charge is 0.491 e. The van der Waals surface area contributed by atoms with E-state index in [0.717, 1.165) is 25.0 Å². The van der Waals surface area contributed by atoms with E-state index in [0.29, 0.717) is 6.42 Å². The lowest BCUT2D eigenvalue weighted by molar-refractivity contribution is -0.117. The van der Waals surface area contributed by atoms with Crippen LogP contribution in [0.1, 0.15) is 6.42 Å². The van der Waals surface area contributed by atoms with Crippen LogP contribution >= 0.6 is 11.8 Å². The molecule has 0 unspecified atom stereocenters. The molecule has 0 aliphatic rings. The number of benzene rings is 1. The van der Waals surface area contributed by atoms with Gasteiger partial charge in [-0.25, -0.2) is 8.78 Å². The Morgan fingerprint density at radius 2 is 2.05 bits per heavy atom. The van der Waals surface area contributed by atoms with Crippen LogP contribution in [-0.4, -0.2) is 31.1 Å². The second-order valence-electron chi connectivity index (χ2n) is 3.85. The van der Waals surface area contributed by atoms with Crippen LogP contribution in [0.4, 0.5) is 14.5 Å². The van der Waals surface area contributed by atoms with E-state index in [-0.39, 0.29) is 5.69 Å². The number of hydrogen-bond acceptors (Lipinski definition) is 4. The van der Waals surface area contributed by atoms with Gasteiger partial charge in [-0.2, -0.15) is 11.8 Å². The third-order valence-electron chi connectivity index (χ3n) is 2.44. The van der Waals surface area contributed by atoms with Gasteiger partial charge < -0.3 is 15.8 Å². The normalized spacial score (nSPS) is 12.1. The van der Waals surface area contributed by atoms with Gasteiger partial charge in [0.15, 0.2) is 17.4 Å². The van der Waals surface area contributed by atoms with E-state index in [1.165, 1.54) is 0 Å². The second-order valence-corrected chi connectivity index (χ2v) is 4.84. The van der Waals surface area contributed by atoms with E-state index in [2.05, 4.69) is 10.1 Å². The monoisotopic (exact) mass is 290 g/mol. The number of carbonyl (C=O) groups excluding carboxylic acids is 1. The van der Waals surface area contributed by atoms with Crippen molar-refractivity contribution in [3.8, 4) is 5.75 Å². The molecule has 0 heterocycles. The fourth-order valence-electron chi connectivity index (χ4n) is 1.44. The van der Waals surface area contributed by atoms with Crippen molar-refractivity contribution in [2.24, 2.45) is 5.73 Å². The number of carbonyl (C=O) groups is 1. The van der Waals surface area contributed by atoms with Crippen LogP contribution in [0.2, 0.25) is 0 Å². The predicted molar refractivity (Wildman–Crippen MR) is 72.5 cm³/mol. The number of nitrogens with two attached hydrogens (primary N) is 1. The van der Waals surface area contributed by atoms with Crippen molar-refractivity contribution in [3.63, 3.8) is 0 Å². The minimum absolute atomic E-state index is 0.0143. The smallest absolute Gasteiger partial charge is 0.241 e. The topological polar surface area (TPSA) is 64.3 Å². The van der Waals surface area contributed by atoms with Crippen molar-refractivity contribution in [1.29, 1.82) is 0 Å². The Bertz CT molecular complexity index is 434. The van der Waals surface area contributed by atoms with Crippen molar-refractivity contribution in [2.45, 2.75) is 12.5 Å². The van der Waals surface area contributed by atoms with Crippen LogP contribution in [0.3, 0.4) is 0 Å². The molecule has 106 valence electrons. The molecule has 0 saturated carbocycles. The molecular weight excluding hydrogens is 274 g/mol. The molecule has 0 aromatic heterocycles. The quantitative estimate of drug-likeness (QED) is 0.841. The van der Waals surface area contributed by atoms with Crippen molar-refractivity contribution < 1.29 is 18.3 Å². The van der Waals surface area contributed by atoms with Crippen LogP contribution in [0, 0.1) is 11.6 Å². The molecule has 3 N–H and O–H groups in total. The highest BCUT2D eigenvalue weighted by Gasteiger charge is 2.16. The minimum atomic E-state index is -0.879. The highest BCUT2D eigenvalue weighted by Crippen LogP contribution is 2.25. The Hall–Kier alpha value is -1.34. The van der Waals surface area contributed by atoms with Gasteiger partial charge in [0.25, 0.3) is 0 Å². The summed E-state index contributed by atoms with van der Waals surface area (Å²) >= 11 is 1.57. The zero-order chi connectivity index (χ0) is 14.4. The fourth-order valence-corrected chi connectivity index (χ4v) is 1.93. The third-order valence-corrected chi connectivity index (χ3v) is 3.08. The van der Waals surface area contributed by atoms with Gasteiger partial charge in [0.2, 0.25) is 5.91 Å². The third kappa shape index (κ3) is 4.36. The van der Waals surface area contributed by atoms with Gasteiger partial charge in [-0.05, 0) is 18.4 Å². The van der Waals surface area contributed by atoms with E-state index in [1.807, 2.05) is 6.26 Å². The van der Waals surface area contributed by atoms with Gasteiger partial charge in [0.05, 0.1) is 13.2 Å². The SMILES string of the molecule is COc1c(F)cc(NC(=O)[C@@H](N)CCSC)cc1F. The van der Waals surface area contributed by atoms with E-state index in [4.69, 9.17) is 5.73 Å². The summed E-state index contributed by atoms with van der Waals surface area (Å²) in [5.41, 5.74) is 5.66. The molecule has 4 nitrogen and oxygen atoms in total. The molecule has 1 aromatic carbocycles. The molecule has 1 atom stereocenters. The highest BCUT2D eigenvalue weighted by atomic mass is 32.2. The van der Waals surface area contributed by atoms with E-state index >= 15 is 0 Å². The number of anilines is 1. The number of rotatable bonds is 6. The first-order chi connectivity index (χ1) is 8.99. The van der Waals surface area contributed by atoms with Crippen LogP contribution in [-0.2, 0) is 4.79 Å². The van der Waals surface area contributed by atoms with Crippen LogP contribution < -0.4 is 15.8 Å². The maximum atomic E-state index is 13.4. The number of amides is 1. The lowest BCUT2D eigenvalue weighted by Gasteiger charge is -2.12. The molecular formula is C12H16F2N2O2S. The molecule has 0 radical (unpaired) electrons. The van der Waals surface area contributed by atoms with Crippen molar-refractivity contribution >= 4 is 23.4 Å². The first-order valence-electron chi connectivity index (χ1n) is 5.58. The molecule has 0 aliphatic carbocycles. The molecule has 0 saturated heterocycles. The van der Waals surface area contributed by atoms with Crippen molar-refractivity contribution in [2.75, 3.05) is 24.4 Å². The van der Waals surface area contributed by atoms with Crippen molar-refractivity contribution in [3.05, 3.63) is 23.8 Å². The average Bonchev–Trinajstić information content (AvgIpc) is 2.35. The van der Waals surface area contributed by atoms with Gasteiger partial charge in [0.1, 0.15) is 0 Å². The van der Waals surface area contributed by atoms with Gasteiger partial charge in [-0.3, -0.25) is 4.79 Å². The summed E-state index contributed by atoms with van der Waals surface area (Å²) in [4.78, 5) is 11.7. The number of ether oxygens (including phenoxy) is 1. The summed E-state index contributed by atoms with van der Waals surface area (Å²) in [6, 6.07) is 1.27. The molecule has 0 aliphatic heterocycles. The Labute approximate surface area is 114 Å². The number of thioether (sulfide) groups is 1. The summed E-state index contributed by atoms with van der Waals surface area (Å²) in [5.74, 6) is -1.98. The standard InChI is InChI=1S/C12H16F2N2O2S/c1-18-11-8(13)5-7(6-9(11)14)16-12(17)10(15)3-4-19-2/h5-6,10H,3-4,15H2,1-2H3,(H,16,17)/t10-/m0/s1. The van der Waals surface area contributed by atoms with Gasteiger partial charge >= 0.3 is 0 Å². The zero-order valence-corrected chi connectivity index (χ0v) is 11.5. The van der Waals surface area contributed by atoms with Crippen molar-refractivity contribution in [1.82, 2.24) is 0 Å². The van der Waals surface area contributed by atoms with Crippen LogP contribution in [0.5, 0.6) is 5.75 Å². The number of nitrogens with one attached hydrogen (secondary N) is 1. The summed E-state index contributed by atoms with van der Waals surface area (Å²) in [7, 11) is 1.16. The van der Waals surface area contributed by atoms with Crippen LogP contribution in [0.25, 0.3) is 0 Å². The summed E-state index contributed by atoms with van der Waals surface area (Å²) < 4.78 is 31.4. The number of methoxy groups -OCH3 is 1. The Kier molecular flexibility index (Phi) is 6.04. The Balaban J connectivity index is 2.75. The Morgan fingerprint density at radius 3 is 2.53 bits per heavy atom. The maximum absolute atomic E-state index is 13.4. The molecule has 19 heavy (non-hydrogen) atoms. The van der Waals surface area contributed by atoms with Gasteiger partial charge in [-0.15, -0.1) is 0 Å². The first-order valence-corrected chi connectivity index (χ1v) is 6.97. The molecule has 0 spiro atoms. The highest BCUT2D eigenvalue weighted by molar-refractivity contribution is 7.98. The molecule has 0 fully saturated rings. The van der Waals surface area contributed by atoms with Crippen LogP contribution in [0.15, 0.2) is 12.1 Å². The predicted octanol–water partition coefficient (Wildman–Crippen LogP) is 1.99. The van der Waals surface area contributed by atoms with E-state index < -0.39 is 29.3 Å². The lowest BCUT2D eigenvalue weighted by Crippen LogP contribution is -2.36. The van der Waals surface area contributed by atoms with Gasteiger partial charge in [0, 0.05) is 17.8 Å². The Morgan fingerprint density at radius 1 is 1.47 bits per heavy atom. The molecule has 0 bridgehead atoms. The average molecular weight is 290 g/mol. The summed E-state index contributed by atoms with van der Waals surface area (Å²) in [6.45, 7) is 0. The second kappa shape index (κ2) is 7.30. The lowest BCUT2D eigenvalue weighted by atomic mass is 10.2. The molecule has 1 aromatic rings. The fraction of sp³-hybridized carbons (Fsp3) is 0.417. The number of halogens is 2. The minimum Gasteiger partial charge on any atom is -0.491 e. The molecule has 7 heteroatoms. The summed E-state index contributed by atoms with van der Waals surface area (Å²) in [5, 5.41) is 2.37. The van der Waals surface area contributed by atoms with E-state index in [9.17, 15) is 13.6 Å². The maximum Gasteiger partial charge on any atom is 0.241 e.